The molecular weight excluding hydrogens is 350 g/mol. The maximum absolute atomic E-state index is 12.9. The van der Waals surface area contributed by atoms with Gasteiger partial charge in [0.1, 0.15) is 11.0 Å². The molecule has 0 radical (unpaired) electrons. The molecule has 23 heavy (non-hydrogen) atoms. The molecule has 2 aromatic rings. The lowest BCUT2D eigenvalue weighted by Crippen LogP contribution is -2.22. The first kappa shape index (κ1) is 17.6. The molecular formula is C15H12Cl2F3N3. The van der Waals surface area contributed by atoms with E-state index in [1.165, 1.54) is 0 Å². The van der Waals surface area contributed by atoms with Gasteiger partial charge in [-0.2, -0.15) is 13.2 Å². The third-order valence-electron chi connectivity index (χ3n) is 2.85. The number of benzene rings is 1. The van der Waals surface area contributed by atoms with Crippen LogP contribution >= 0.6 is 23.2 Å². The van der Waals surface area contributed by atoms with Crippen LogP contribution < -0.4 is 0 Å². The summed E-state index contributed by atoms with van der Waals surface area (Å²) in [6.45, 7) is 0. The summed E-state index contributed by atoms with van der Waals surface area (Å²) in [7, 11) is 3.45. The summed E-state index contributed by atoms with van der Waals surface area (Å²) in [6.07, 6.45) is -4.52. The van der Waals surface area contributed by atoms with Gasteiger partial charge < -0.3 is 4.90 Å². The minimum atomic E-state index is -4.52. The van der Waals surface area contributed by atoms with Gasteiger partial charge in [-0.05, 0) is 36.4 Å². The predicted molar refractivity (Wildman–Crippen MR) is 85.6 cm³/mol. The average Bonchev–Trinajstić information content (AvgIpc) is 2.44. The molecule has 0 fully saturated rings. The van der Waals surface area contributed by atoms with Gasteiger partial charge in [-0.25, -0.2) is 9.98 Å². The van der Waals surface area contributed by atoms with E-state index in [9.17, 15) is 13.2 Å². The lowest BCUT2D eigenvalue weighted by molar-refractivity contribution is -0.137. The van der Waals surface area contributed by atoms with Gasteiger partial charge in [0.25, 0.3) is 0 Å². The summed E-state index contributed by atoms with van der Waals surface area (Å²) < 4.78 is 38.6. The number of alkyl halides is 3. The molecule has 0 saturated carbocycles. The van der Waals surface area contributed by atoms with E-state index in [-0.39, 0.29) is 11.0 Å². The standard InChI is InChI=1S/C15H12Cl2F3N3/c1-23(2)14(9-3-5-11(16)6-4-9)22-13-8-10(15(18,19)20)7-12(17)21-13/h3-8H,1-2H3. The average molecular weight is 362 g/mol. The van der Waals surface area contributed by atoms with Gasteiger partial charge in [0, 0.05) is 24.7 Å². The summed E-state index contributed by atoms with van der Waals surface area (Å²) in [5, 5.41) is 0.278. The van der Waals surface area contributed by atoms with Gasteiger partial charge >= 0.3 is 6.18 Å². The lowest BCUT2D eigenvalue weighted by Gasteiger charge is -2.16. The maximum atomic E-state index is 12.9. The van der Waals surface area contributed by atoms with E-state index in [2.05, 4.69) is 9.98 Å². The molecule has 2 rings (SSSR count). The molecule has 0 atom stereocenters. The number of nitrogens with zero attached hydrogens (tertiary/aromatic N) is 3. The van der Waals surface area contributed by atoms with E-state index in [1.807, 2.05) is 0 Å². The molecule has 0 aliphatic rings. The molecule has 1 heterocycles. The Morgan fingerprint density at radius 2 is 1.70 bits per heavy atom. The minimum absolute atomic E-state index is 0.122. The van der Waals surface area contributed by atoms with Crippen molar-refractivity contribution in [2.45, 2.75) is 6.18 Å². The first-order chi connectivity index (χ1) is 10.7. The maximum Gasteiger partial charge on any atom is 0.416 e. The van der Waals surface area contributed by atoms with Crippen molar-refractivity contribution in [2.24, 2.45) is 4.99 Å². The summed E-state index contributed by atoms with van der Waals surface area (Å²) >= 11 is 11.5. The molecule has 0 unspecified atom stereocenters. The second kappa shape index (κ2) is 6.76. The highest BCUT2D eigenvalue weighted by molar-refractivity contribution is 6.30. The Morgan fingerprint density at radius 3 is 2.22 bits per heavy atom. The lowest BCUT2D eigenvalue weighted by atomic mass is 10.2. The SMILES string of the molecule is CN(C)C(=Nc1cc(C(F)(F)F)cc(Cl)n1)c1ccc(Cl)cc1. The first-order valence-electron chi connectivity index (χ1n) is 6.43. The van der Waals surface area contributed by atoms with Crippen LogP contribution in [0.5, 0.6) is 0 Å². The molecule has 122 valence electrons. The minimum Gasteiger partial charge on any atom is -0.362 e. The van der Waals surface area contributed by atoms with Crippen LogP contribution in [0.4, 0.5) is 19.0 Å². The van der Waals surface area contributed by atoms with Gasteiger partial charge in [-0.1, -0.05) is 23.2 Å². The quantitative estimate of drug-likeness (QED) is 0.425. The zero-order valence-electron chi connectivity index (χ0n) is 12.2. The molecule has 1 aromatic heterocycles. The Morgan fingerprint density at radius 1 is 1.09 bits per heavy atom. The van der Waals surface area contributed by atoms with Crippen molar-refractivity contribution in [3.63, 3.8) is 0 Å². The fourth-order valence-corrected chi connectivity index (χ4v) is 2.16. The predicted octanol–water partition coefficient (Wildman–Crippen LogP) is 5.05. The Labute approximate surface area is 141 Å². The van der Waals surface area contributed by atoms with Crippen molar-refractivity contribution >= 4 is 34.9 Å². The fourth-order valence-electron chi connectivity index (χ4n) is 1.83. The number of hydrogen-bond donors (Lipinski definition) is 0. The zero-order chi connectivity index (χ0) is 17.2. The van der Waals surface area contributed by atoms with Crippen LogP contribution in [0.2, 0.25) is 10.2 Å². The van der Waals surface area contributed by atoms with Crippen molar-refractivity contribution in [1.29, 1.82) is 0 Å². The molecule has 8 heteroatoms. The third-order valence-corrected chi connectivity index (χ3v) is 3.30. The number of rotatable bonds is 2. The number of halogens is 5. The van der Waals surface area contributed by atoms with Crippen LogP contribution in [0.15, 0.2) is 41.4 Å². The van der Waals surface area contributed by atoms with Crippen molar-refractivity contribution in [3.05, 3.63) is 57.7 Å². The first-order valence-corrected chi connectivity index (χ1v) is 7.19. The van der Waals surface area contributed by atoms with E-state index >= 15 is 0 Å². The van der Waals surface area contributed by atoms with Crippen molar-refractivity contribution in [1.82, 2.24) is 9.88 Å². The highest BCUT2D eigenvalue weighted by Crippen LogP contribution is 2.32. The van der Waals surface area contributed by atoms with Crippen LogP contribution in [0.1, 0.15) is 11.1 Å². The summed E-state index contributed by atoms with van der Waals surface area (Å²) in [4.78, 5) is 9.70. The van der Waals surface area contributed by atoms with Crippen LogP contribution in [-0.4, -0.2) is 29.8 Å². The Kier molecular flexibility index (Phi) is 5.16. The fraction of sp³-hybridized carbons (Fsp3) is 0.200. The van der Waals surface area contributed by atoms with Crippen LogP contribution in [0.25, 0.3) is 0 Å². The number of aliphatic imine (C=N–C) groups is 1. The number of aromatic nitrogens is 1. The van der Waals surface area contributed by atoms with E-state index in [4.69, 9.17) is 23.2 Å². The van der Waals surface area contributed by atoms with Crippen LogP contribution in [-0.2, 0) is 6.18 Å². The smallest absolute Gasteiger partial charge is 0.362 e. The number of amidine groups is 1. The normalized spacial score (nSPS) is 12.4. The largest absolute Gasteiger partial charge is 0.416 e. The summed E-state index contributed by atoms with van der Waals surface area (Å²) in [5.41, 5.74) is -0.208. The van der Waals surface area contributed by atoms with Crippen molar-refractivity contribution in [2.75, 3.05) is 14.1 Å². The highest BCUT2D eigenvalue weighted by atomic mass is 35.5. The van der Waals surface area contributed by atoms with Crippen molar-refractivity contribution < 1.29 is 13.2 Å². The molecule has 0 aliphatic heterocycles. The van der Waals surface area contributed by atoms with E-state index in [0.717, 1.165) is 12.1 Å². The summed E-state index contributed by atoms with van der Waals surface area (Å²) in [5.74, 6) is 0.313. The van der Waals surface area contributed by atoms with E-state index in [1.54, 1.807) is 43.3 Å². The molecule has 3 nitrogen and oxygen atoms in total. The highest BCUT2D eigenvalue weighted by Gasteiger charge is 2.31. The van der Waals surface area contributed by atoms with E-state index < -0.39 is 11.7 Å². The monoisotopic (exact) mass is 361 g/mol. The van der Waals surface area contributed by atoms with Gasteiger partial charge in [0.2, 0.25) is 0 Å². The van der Waals surface area contributed by atoms with Crippen LogP contribution in [0, 0.1) is 0 Å². The molecule has 0 saturated heterocycles. The Hall–Kier alpha value is -1.79. The molecule has 0 N–H and O–H groups in total. The summed E-state index contributed by atoms with van der Waals surface area (Å²) in [6, 6.07) is 8.39. The molecule has 0 aliphatic carbocycles. The second-order valence-corrected chi connectivity index (χ2v) is 5.69. The van der Waals surface area contributed by atoms with Crippen molar-refractivity contribution in [3.8, 4) is 0 Å². The molecule has 0 amide bonds. The molecule has 0 spiro atoms. The molecule has 0 bridgehead atoms. The van der Waals surface area contributed by atoms with E-state index in [0.29, 0.717) is 16.4 Å². The zero-order valence-corrected chi connectivity index (χ0v) is 13.7. The van der Waals surface area contributed by atoms with Crippen LogP contribution in [0.3, 0.4) is 0 Å². The van der Waals surface area contributed by atoms with Gasteiger partial charge in [0.15, 0.2) is 5.82 Å². The number of pyridine rings is 1. The Balaban J connectivity index is 2.52. The second-order valence-electron chi connectivity index (χ2n) is 4.87. The topological polar surface area (TPSA) is 28.5 Å². The third kappa shape index (κ3) is 4.59. The molecule has 1 aromatic carbocycles. The van der Waals surface area contributed by atoms with Gasteiger partial charge in [0.05, 0.1) is 5.56 Å². The Bertz CT molecular complexity index is 726. The van der Waals surface area contributed by atoms with Gasteiger partial charge in [-0.15, -0.1) is 0 Å². The number of hydrogen-bond acceptors (Lipinski definition) is 2. The van der Waals surface area contributed by atoms with Gasteiger partial charge in [-0.3, -0.25) is 0 Å².